The summed E-state index contributed by atoms with van der Waals surface area (Å²) in [5.74, 6) is 0.433. The molecule has 0 fully saturated rings. The zero-order valence-electron chi connectivity index (χ0n) is 18.5. The molecule has 1 atom stereocenters. The zero-order valence-corrected chi connectivity index (χ0v) is 20.0. The predicted molar refractivity (Wildman–Crippen MR) is 135 cm³/mol. The molecular formula is C27H23Cl2NO3. The highest BCUT2D eigenvalue weighted by Crippen LogP contribution is 2.40. The first-order valence-electron chi connectivity index (χ1n) is 10.5. The van der Waals surface area contributed by atoms with Gasteiger partial charge in [-0.25, -0.2) is 0 Å². The van der Waals surface area contributed by atoms with Gasteiger partial charge in [-0.2, -0.15) is 0 Å². The van der Waals surface area contributed by atoms with Crippen LogP contribution >= 0.6 is 23.2 Å². The number of ether oxygens (including phenoxy) is 1. The molecule has 1 aromatic heterocycles. The Bertz CT molecular complexity index is 1340. The van der Waals surface area contributed by atoms with E-state index in [1.54, 1.807) is 31.6 Å². The Hall–Kier alpha value is -3.21. The maximum Gasteiger partial charge on any atom is 0.244 e. The number of fused-ring (bicyclic) bond motifs is 1. The number of amides is 1. The molecule has 1 unspecified atom stereocenters. The third-order valence-electron chi connectivity index (χ3n) is 5.55. The first-order chi connectivity index (χ1) is 15.9. The molecule has 0 saturated carbocycles. The first kappa shape index (κ1) is 23.0. The van der Waals surface area contributed by atoms with Crippen LogP contribution in [0.25, 0.3) is 27.7 Å². The van der Waals surface area contributed by atoms with Gasteiger partial charge in [0.05, 0.1) is 24.4 Å². The molecule has 0 radical (unpaired) electrons. The van der Waals surface area contributed by atoms with Crippen LogP contribution in [0, 0.1) is 0 Å². The van der Waals surface area contributed by atoms with E-state index in [1.807, 2.05) is 62.4 Å². The highest BCUT2D eigenvalue weighted by Gasteiger charge is 2.17. The molecule has 4 nitrogen and oxygen atoms in total. The average Bonchev–Trinajstić information content (AvgIpc) is 3.21. The van der Waals surface area contributed by atoms with Gasteiger partial charge in [-0.05, 0) is 43.2 Å². The van der Waals surface area contributed by atoms with Crippen LogP contribution in [0.3, 0.4) is 0 Å². The molecule has 0 aliphatic heterocycles. The summed E-state index contributed by atoms with van der Waals surface area (Å²) in [6.07, 6.45) is 3.24. The second-order valence-corrected chi connectivity index (χ2v) is 8.63. The maximum absolute atomic E-state index is 12.7. The lowest BCUT2D eigenvalue weighted by Crippen LogP contribution is -2.24. The van der Waals surface area contributed by atoms with Gasteiger partial charge in [-0.3, -0.25) is 4.79 Å². The van der Waals surface area contributed by atoms with Crippen molar-refractivity contribution in [1.82, 2.24) is 5.32 Å². The fourth-order valence-electron chi connectivity index (χ4n) is 3.80. The van der Waals surface area contributed by atoms with Crippen LogP contribution < -0.4 is 10.1 Å². The van der Waals surface area contributed by atoms with E-state index < -0.39 is 0 Å². The third-order valence-corrected chi connectivity index (χ3v) is 6.10. The van der Waals surface area contributed by atoms with Gasteiger partial charge in [0.15, 0.2) is 0 Å². The summed E-state index contributed by atoms with van der Waals surface area (Å²) in [5.41, 5.74) is 4.91. The number of methoxy groups -OCH3 is 1. The van der Waals surface area contributed by atoms with E-state index >= 15 is 0 Å². The summed E-state index contributed by atoms with van der Waals surface area (Å²) >= 11 is 12.5. The van der Waals surface area contributed by atoms with Crippen molar-refractivity contribution in [2.75, 3.05) is 7.11 Å². The average molecular weight is 480 g/mol. The quantitative estimate of drug-likeness (QED) is 0.288. The SMILES string of the molecule is COc1cc2occ(-c3ccc(Cl)cc3Cl)c2cc1/C(C)=C/C(=O)NC(C)c1ccccc1. The van der Waals surface area contributed by atoms with Crippen LogP contribution in [0.2, 0.25) is 10.0 Å². The largest absolute Gasteiger partial charge is 0.496 e. The van der Waals surface area contributed by atoms with E-state index in [9.17, 15) is 4.79 Å². The second kappa shape index (κ2) is 9.74. The Labute approximate surface area is 202 Å². The Morgan fingerprint density at radius 1 is 1.06 bits per heavy atom. The number of allylic oxidation sites excluding steroid dienone is 1. The Morgan fingerprint density at radius 3 is 2.52 bits per heavy atom. The van der Waals surface area contributed by atoms with Crippen molar-refractivity contribution >= 4 is 45.7 Å². The summed E-state index contributed by atoms with van der Waals surface area (Å²) in [7, 11) is 1.59. The summed E-state index contributed by atoms with van der Waals surface area (Å²) < 4.78 is 11.4. The van der Waals surface area contributed by atoms with E-state index in [1.165, 1.54) is 0 Å². The standard InChI is InChI=1S/C27H23Cl2NO3/c1-16(11-27(31)30-17(2)18-7-5-4-6-8-18)21-13-22-23(15-33-26(22)14-25(21)32-3)20-10-9-19(28)12-24(20)29/h4-15,17H,1-3H3,(H,30,31)/b16-11+. The molecule has 1 amide bonds. The molecule has 0 bridgehead atoms. The Kier molecular flexibility index (Phi) is 6.77. The molecular weight excluding hydrogens is 457 g/mol. The number of hydrogen-bond donors (Lipinski definition) is 1. The van der Waals surface area contributed by atoms with Gasteiger partial charge >= 0.3 is 0 Å². The summed E-state index contributed by atoms with van der Waals surface area (Å²) in [6, 6.07) is 18.8. The highest BCUT2D eigenvalue weighted by molar-refractivity contribution is 6.36. The second-order valence-electron chi connectivity index (χ2n) is 7.79. The van der Waals surface area contributed by atoms with Gasteiger partial charge in [0, 0.05) is 39.2 Å². The van der Waals surface area contributed by atoms with Gasteiger partial charge in [0.1, 0.15) is 11.3 Å². The van der Waals surface area contributed by atoms with Gasteiger partial charge < -0.3 is 14.5 Å². The van der Waals surface area contributed by atoms with Gasteiger partial charge in [0.2, 0.25) is 5.91 Å². The molecule has 4 aromatic rings. The molecule has 3 aromatic carbocycles. The fourth-order valence-corrected chi connectivity index (χ4v) is 4.31. The maximum atomic E-state index is 12.7. The van der Waals surface area contributed by atoms with Gasteiger partial charge in [-0.15, -0.1) is 0 Å². The number of nitrogens with one attached hydrogen (secondary N) is 1. The smallest absolute Gasteiger partial charge is 0.244 e. The highest BCUT2D eigenvalue weighted by atomic mass is 35.5. The molecule has 4 rings (SSSR count). The first-order valence-corrected chi connectivity index (χ1v) is 11.2. The van der Waals surface area contributed by atoms with E-state index in [0.717, 1.165) is 33.2 Å². The lowest BCUT2D eigenvalue weighted by atomic mass is 9.99. The zero-order chi connectivity index (χ0) is 23.5. The van der Waals surface area contributed by atoms with Crippen molar-refractivity contribution in [1.29, 1.82) is 0 Å². The monoisotopic (exact) mass is 479 g/mol. The van der Waals surface area contributed by atoms with Crippen LogP contribution in [0.15, 0.2) is 77.4 Å². The van der Waals surface area contributed by atoms with Crippen LogP contribution in [-0.4, -0.2) is 13.0 Å². The van der Waals surface area contributed by atoms with E-state index in [2.05, 4.69) is 5.32 Å². The molecule has 168 valence electrons. The lowest BCUT2D eigenvalue weighted by molar-refractivity contribution is -0.117. The summed E-state index contributed by atoms with van der Waals surface area (Å²) in [4.78, 5) is 12.7. The van der Waals surface area contributed by atoms with Gasteiger partial charge in [0.25, 0.3) is 0 Å². The van der Waals surface area contributed by atoms with Crippen molar-refractivity contribution < 1.29 is 13.9 Å². The van der Waals surface area contributed by atoms with Crippen molar-refractivity contribution in [3.63, 3.8) is 0 Å². The van der Waals surface area contributed by atoms with Crippen molar-refractivity contribution in [3.8, 4) is 16.9 Å². The summed E-state index contributed by atoms with van der Waals surface area (Å²) in [6.45, 7) is 3.84. The molecule has 0 saturated heterocycles. The van der Waals surface area contributed by atoms with Crippen molar-refractivity contribution in [3.05, 3.63) is 94.2 Å². The van der Waals surface area contributed by atoms with Crippen molar-refractivity contribution in [2.45, 2.75) is 19.9 Å². The topological polar surface area (TPSA) is 51.5 Å². The molecule has 0 aliphatic carbocycles. The number of furan rings is 1. The number of carbonyl (C=O) groups excluding carboxylic acids is 1. The normalized spacial score (nSPS) is 12.6. The molecule has 33 heavy (non-hydrogen) atoms. The molecule has 1 N–H and O–H groups in total. The Balaban J connectivity index is 1.69. The lowest BCUT2D eigenvalue weighted by Gasteiger charge is -2.14. The number of benzene rings is 3. The fraction of sp³-hybridized carbons (Fsp3) is 0.148. The summed E-state index contributed by atoms with van der Waals surface area (Å²) in [5, 5.41) is 4.97. The van der Waals surface area contributed by atoms with E-state index in [-0.39, 0.29) is 11.9 Å². The van der Waals surface area contributed by atoms with E-state index in [4.69, 9.17) is 32.4 Å². The predicted octanol–water partition coefficient (Wildman–Crippen LogP) is 7.70. The number of rotatable bonds is 6. The van der Waals surface area contributed by atoms with Crippen LogP contribution in [0.1, 0.15) is 31.0 Å². The van der Waals surface area contributed by atoms with Crippen molar-refractivity contribution in [2.24, 2.45) is 0 Å². The third kappa shape index (κ3) is 4.92. The molecule has 0 aliphatic rings. The molecule has 6 heteroatoms. The molecule has 1 heterocycles. The minimum Gasteiger partial charge on any atom is -0.496 e. The molecule has 0 spiro atoms. The Morgan fingerprint density at radius 2 is 1.82 bits per heavy atom. The number of hydrogen-bond acceptors (Lipinski definition) is 3. The van der Waals surface area contributed by atoms with Crippen LogP contribution in [0.4, 0.5) is 0 Å². The van der Waals surface area contributed by atoms with Gasteiger partial charge in [-0.1, -0.05) is 59.6 Å². The number of halogens is 2. The minimum atomic E-state index is -0.181. The minimum absolute atomic E-state index is 0.111. The van der Waals surface area contributed by atoms with Crippen LogP contribution in [0.5, 0.6) is 5.75 Å². The van der Waals surface area contributed by atoms with E-state index in [0.29, 0.717) is 21.4 Å². The van der Waals surface area contributed by atoms with Crippen LogP contribution in [-0.2, 0) is 4.79 Å². The number of carbonyl (C=O) groups is 1.